The zero-order valence-electron chi connectivity index (χ0n) is 8.26. The topological polar surface area (TPSA) is 0 Å². The van der Waals surface area contributed by atoms with Crippen molar-refractivity contribution in [2.75, 3.05) is 5.75 Å². The molecule has 0 saturated carbocycles. The van der Waals surface area contributed by atoms with Crippen molar-refractivity contribution in [2.45, 2.75) is 27.2 Å². The van der Waals surface area contributed by atoms with Crippen molar-refractivity contribution < 1.29 is 0 Å². The van der Waals surface area contributed by atoms with E-state index in [0.29, 0.717) is 5.41 Å². The molecule has 0 amide bonds. The van der Waals surface area contributed by atoms with Gasteiger partial charge in [0, 0.05) is 21.2 Å². The van der Waals surface area contributed by atoms with Gasteiger partial charge in [0.25, 0.3) is 0 Å². The van der Waals surface area contributed by atoms with Crippen molar-refractivity contribution >= 4 is 41.9 Å². The summed E-state index contributed by atoms with van der Waals surface area (Å²) in [6.07, 6.45) is 3.57. The highest BCUT2D eigenvalue weighted by Gasteiger charge is 2.26. The van der Waals surface area contributed by atoms with Crippen LogP contribution in [0.4, 0.5) is 0 Å². The van der Waals surface area contributed by atoms with Crippen molar-refractivity contribution in [3.05, 3.63) is 22.0 Å². The molecule has 74 valence electrons. The predicted octanol–water partition coefficient (Wildman–Crippen LogP) is 5.02. The summed E-state index contributed by atoms with van der Waals surface area (Å²) in [7, 11) is 1.74. The molecule has 0 aromatic heterocycles. The van der Waals surface area contributed by atoms with Gasteiger partial charge in [0.15, 0.2) is 0 Å². The Labute approximate surface area is 102 Å². The van der Waals surface area contributed by atoms with Gasteiger partial charge in [-0.1, -0.05) is 28.9 Å². The van der Waals surface area contributed by atoms with E-state index in [1.807, 2.05) is 11.8 Å². The molecule has 0 saturated heterocycles. The lowest BCUT2D eigenvalue weighted by molar-refractivity contribution is 0.438. The molecule has 1 heterocycles. The molecule has 3 heteroatoms. The molecule has 0 N–H and O–H groups in total. The average molecular weight is 326 g/mol. The van der Waals surface area contributed by atoms with Crippen LogP contribution < -0.4 is 0 Å². The van der Waals surface area contributed by atoms with Crippen molar-refractivity contribution in [1.29, 1.82) is 0 Å². The molecule has 0 atom stereocenters. The first-order chi connectivity index (χ1) is 6.08. The molecule has 13 heavy (non-hydrogen) atoms. The first kappa shape index (κ1) is 12.0. The summed E-state index contributed by atoms with van der Waals surface area (Å²) in [6, 6.07) is 0. The number of halogens is 1. The van der Waals surface area contributed by atoms with Crippen molar-refractivity contribution in [1.82, 2.24) is 0 Å². The lowest BCUT2D eigenvalue weighted by Gasteiger charge is -2.32. The Morgan fingerprint density at radius 1 is 1.54 bits per heavy atom. The van der Waals surface area contributed by atoms with Crippen LogP contribution in [-0.4, -0.2) is 5.75 Å². The molecule has 1 aliphatic rings. The highest BCUT2D eigenvalue weighted by molar-refractivity contribution is 14.2. The second-order valence-electron chi connectivity index (χ2n) is 3.84. The summed E-state index contributed by atoms with van der Waals surface area (Å²) in [5.74, 6) is 1.27. The summed E-state index contributed by atoms with van der Waals surface area (Å²) >= 11 is 4.30. The van der Waals surface area contributed by atoms with Gasteiger partial charge in [-0.15, -0.1) is 11.8 Å². The summed E-state index contributed by atoms with van der Waals surface area (Å²) in [4.78, 5) is 1.50. The Morgan fingerprint density at radius 3 is 2.77 bits per heavy atom. The fraction of sp³-hybridized carbons (Fsp3) is 0.600. The molecular formula is C10H15IS2. The quantitative estimate of drug-likeness (QED) is 0.654. The van der Waals surface area contributed by atoms with Crippen LogP contribution in [0.5, 0.6) is 0 Å². The zero-order chi connectivity index (χ0) is 9.90. The van der Waals surface area contributed by atoms with E-state index >= 15 is 0 Å². The highest BCUT2D eigenvalue weighted by atomic mass is 127. The minimum absolute atomic E-state index is 0.373. The van der Waals surface area contributed by atoms with E-state index in [0.717, 1.165) is 0 Å². The third-order valence-corrected chi connectivity index (χ3v) is 4.62. The smallest absolute Gasteiger partial charge is 0.000776 e. The van der Waals surface area contributed by atoms with E-state index in [9.17, 15) is 0 Å². The van der Waals surface area contributed by atoms with Gasteiger partial charge in [0.1, 0.15) is 0 Å². The van der Waals surface area contributed by atoms with Crippen LogP contribution in [0.25, 0.3) is 0 Å². The molecule has 0 aromatic rings. The maximum atomic E-state index is 2.34. The van der Waals surface area contributed by atoms with Gasteiger partial charge in [-0.25, -0.2) is 0 Å². The van der Waals surface area contributed by atoms with E-state index in [1.165, 1.54) is 22.7 Å². The Morgan fingerprint density at radius 2 is 2.23 bits per heavy atom. The van der Waals surface area contributed by atoms with Crippen LogP contribution in [0, 0.1) is 5.41 Å². The van der Waals surface area contributed by atoms with Crippen LogP contribution >= 0.6 is 41.9 Å². The molecule has 0 bridgehead atoms. The predicted molar refractivity (Wildman–Crippen MR) is 74.3 cm³/mol. The highest BCUT2D eigenvalue weighted by Crippen LogP contribution is 2.43. The Bertz CT molecular complexity index is 241. The Balaban J connectivity index is 2.91. The van der Waals surface area contributed by atoms with Crippen LogP contribution in [0.1, 0.15) is 27.2 Å². The molecule has 1 rings (SSSR count). The maximum absolute atomic E-state index is 2.34. The first-order valence-corrected chi connectivity index (χ1v) is 8.77. The van der Waals surface area contributed by atoms with Crippen LogP contribution in [-0.2, 0) is 0 Å². The lowest BCUT2D eigenvalue weighted by Crippen LogP contribution is -2.19. The Hall–Kier alpha value is 0.910. The minimum atomic E-state index is 0.373. The number of thioether (sulfide) groups is 1. The number of hydrogen-bond donors (Lipinski definition) is 0. The van der Waals surface area contributed by atoms with E-state index in [-0.39, 0.29) is 0 Å². The van der Waals surface area contributed by atoms with E-state index in [1.54, 1.807) is 8.93 Å². The van der Waals surface area contributed by atoms with Gasteiger partial charge in [0.05, 0.1) is 0 Å². The molecule has 0 spiro atoms. The summed E-state index contributed by atoms with van der Waals surface area (Å²) in [6.45, 7) is 6.92. The minimum Gasteiger partial charge on any atom is -0.131 e. The number of hydrogen-bond acceptors (Lipinski definition) is 2. The monoisotopic (exact) mass is 326 g/mol. The van der Waals surface area contributed by atoms with E-state index in [2.05, 4.69) is 53.5 Å². The summed E-state index contributed by atoms with van der Waals surface area (Å²) in [5, 5.41) is 2.17. The van der Waals surface area contributed by atoms with Crippen molar-refractivity contribution in [3.63, 3.8) is 0 Å². The molecule has 0 radical (unpaired) electrons. The second kappa shape index (κ2) is 5.12. The normalized spacial score (nSPS) is 22.8. The number of rotatable bonds is 2. The average Bonchev–Trinajstić information content (AvgIpc) is 2.02. The summed E-state index contributed by atoms with van der Waals surface area (Å²) in [5.41, 5.74) is 1.89. The van der Waals surface area contributed by atoms with Gasteiger partial charge < -0.3 is 0 Å². The molecule has 1 aliphatic heterocycles. The fourth-order valence-electron chi connectivity index (χ4n) is 1.58. The first-order valence-electron chi connectivity index (χ1n) is 4.36. The Kier molecular flexibility index (Phi) is 4.72. The molecule has 0 aromatic carbocycles. The summed E-state index contributed by atoms with van der Waals surface area (Å²) < 4.78 is 0. The fourth-order valence-corrected chi connectivity index (χ4v) is 3.63. The van der Waals surface area contributed by atoms with Crippen molar-refractivity contribution in [2.24, 2.45) is 5.41 Å². The maximum Gasteiger partial charge on any atom is 0.000776 e. The van der Waals surface area contributed by atoms with Gasteiger partial charge in [-0.2, -0.15) is 0 Å². The van der Waals surface area contributed by atoms with Crippen LogP contribution in [0.2, 0.25) is 0 Å². The molecule has 0 fully saturated rings. The number of allylic oxidation sites excluding steroid dienone is 3. The van der Waals surface area contributed by atoms with Crippen LogP contribution in [0.15, 0.2) is 22.0 Å². The third kappa shape index (κ3) is 3.20. The molecule has 0 unspecified atom stereocenters. The van der Waals surface area contributed by atoms with Crippen molar-refractivity contribution in [3.8, 4) is 0 Å². The SMILES string of the molecule is CC1=C(/C=C/SI)C(C)(C)CCS1. The van der Waals surface area contributed by atoms with E-state index < -0.39 is 0 Å². The third-order valence-electron chi connectivity index (χ3n) is 2.44. The van der Waals surface area contributed by atoms with Gasteiger partial charge in [-0.3, -0.25) is 0 Å². The lowest BCUT2D eigenvalue weighted by atomic mass is 9.81. The molecule has 0 nitrogen and oxygen atoms in total. The van der Waals surface area contributed by atoms with Gasteiger partial charge >= 0.3 is 0 Å². The zero-order valence-corrected chi connectivity index (χ0v) is 12.1. The van der Waals surface area contributed by atoms with Gasteiger partial charge in [0.2, 0.25) is 0 Å². The van der Waals surface area contributed by atoms with Gasteiger partial charge in [-0.05, 0) is 40.4 Å². The molecular weight excluding hydrogens is 311 g/mol. The second-order valence-corrected chi connectivity index (χ2v) is 7.13. The van der Waals surface area contributed by atoms with Crippen LogP contribution in [0.3, 0.4) is 0 Å². The molecule has 0 aliphatic carbocycles. The van der Waals surface area contributed by atoms with E-state index in [4.69, 9.17) is 0 Å². The largest absolute Gasteiger partial charge is 0.131 e. The standard InChI is InChI=1S/C10H15IS2/c1-8-9(4-6-13-11)10(2,3)5-7-12-8/h4,6H,5,7H2,1-3H3/b6-4+.